The summed E-state index contributed by atoms with van der Waals surface area (Å²) < 4.78 is 5.96. The zero-order valence-corrected chi connectivity index (χ0v) is 15.4. The Hall–Kier alpha value is -1.79. The Balaban J connectivity index is 1.59. The maximum absolute atomic E-state index is 11.7. The van der Waals surface area contributed by atoms with E-state index in [0.717, 1.165) is 21.4 Å². The normalized spacial score (nSPS) is 10.2. The van der Waals surface area contributed by atoms with Crippen LogP contribution >= 0.6 is 27.7 Å². The van der Waals surface area contributed by atoms with E-state index in [1.807, 2.05) is 54.6 Å². The fourth-order valence-electron chi connectivity index (χ4n) is 1.90. The number of thioether (sulfide) groups is 1. The molecule has 4 nitrogen and oxygen atoms in total. The Bertz CT molecular complexity index is 662. The molecule has 0 saturated carbocycles. The highest BCUT2D eigenvalue weighted by Gasteiger charge is 2.08. The van der Waals surface area contributed by atoms with E-state index in [1.165, 1.54) is 11.8 Å². The summed E-state index contributed by atoms with van der Waals surface area (Å²) in [5.74, 6) is -0.507. The molecule has 0 radical (unpaired) electrons. The third-order valence-corrected chi connectivity index (χ3v) is 4.63. The van der Waals surface area contributed by atoms with E-state index in [0.29, 0.717) is 6.54 Å². The number of nitrogens with one attached hydrogen (secondary N) is 1. The van der Waals surface area contributed by atoms with Gasteiger partial charge in [-0.1, -0.05) is 46.3 Å². The number of halogens is 1. The predicted molar refractivity (Wildman–Crippen MR) is 99.0 cm³/mol. The third kappa shape index (κ3) is 7.19. The van der Waals surface area contributed by atoms with Crippen LogP contribution in [0.25, 0.3) is 0 Å². The molecular weight excluding hydrogens is 390 g/mol. The molecule has 0 atom stereocenters. The number of esters is 1. The van der Waals surface area contributed by atoms with Crippen LogP contribution in [0, 0.1) is 0 Å². The van der Waals surface area contributed by atoms with Crippen LogP contribution in [0.5, 0.6) is 0 Å². The second-order valence-electron chi connectivity index (χ2n) is 4.99. The lowest BCUT2D eigenvalue weighted by Gasteiger charge is -2.07. The summed E-state index contributed by atoms with van der Waals surface area (Å²) in [5, 5.41) is 2.74. The Kier molecular flexibility index (Phi) is 7.85. The van der Waals surface area contributed by atoms with Crippen molar-refractivity contribution in [3.05, 3.63) is 64.6 Å². The highest BCUT2D eigenvalue weighted by Crippen LogP contribution is 2.20. The lowest BCUT2D eigenvalue weighted by atomic mass is 10.1. The Labute approximate surface area is 154 Å². The van der Waals surface area contributed by atoms with Gasteiger partial charge in [-0.2, -0.15) is 0 Å². The van der Waals surface area contributed by atoms with Crippen LogP contribution in [0.15, 0.2) is 64.0 Å². The largest absolute Gasteiger partial charge is 0.455 e. The van der Waals surface area contributed by atoms with Gasteiger partial charge < -0.3 is 10.1 Å². The summed E-state index contributed by atoms with van der Waals surface area (Å²) >= 11 is 4.73. The standard InChI is InChI=1S/C18H18BrNO3S/c19-15-6-8-16(9-7-15)24-13-18(22)23-12-17(21)20-11-10-14-4-2-1-3-5-14/h1-9H,10-13H2,(H,20,21). The van der Waals surface area contributed by atoms with Crippen LogP contribution < -0.4 is 5.32 Å². The van der Waals surface area contributed by atoms with E-state index in [4.69, 9.17) is 4.74 Å². The molecule has 2 rings (SSSR count). The number of carbonyl (C=O) groups is 2. The van der Waals surface area contributed by atoms with Gasteiger partial charge in [0, 0.05) is 15.9 Å². The van der Waals surface area contributed by atoms with Crippen molar-refractivity contribution in [1.82, 2.24) is 5.32 Å². The number of hydrogen-bond donors (Lipinski definition) is 1. The summed E-state index contributed by atoms with van der Waals surface area (Å²) in [4.78, 5) is 24.3. The third-order valence-electron chi connectivity index (χ3n) is 3.11. The van der Waals surface area contributed by atoms with Crippen molar-refractivity contribution < 1.29 is 14.3 Å². The molecule has 2 aromatic carbocycles. The first-order valence-electron chi connectivity index (χ1n) is 7.48. The van der Waals surface area contributed by atoms with Gasteiger partial charge in [0.25, 0.3) is 5.91 Å². The lowest BCUT2D eigenvalue weighted by molar-refractivity contribution is -0.145. The molecule has 6 heteroatoms. The van der Waals surface area contributed by atoms with Crippen LogP contribution in [0.4, 0.5) is 0 Å². The van der Waals surface area contributed by atoms with E-state index in [-0.39, 0.29) is 18.3 Å². The Morgan fingerprint density at radius 1 is 1.04 bits per heavy atom. The molecule has 0 saturated heterocycles. The molecule has 0 bridgehead atoms. The molecule has 1 N–H and O–H groups in total. The van der Waals surface area contributed by atoms with Gasteiger partial charge in [-0.15, -0.1) is 11.8 Å². The first kappa shape index (κ1) is 18.5. The summed E-state index contributed by atoms with van der Waals surface area (Å²) in [7, 11) is 0. The van der Waals surface area contributed by atoms with Crippen LogP contribution in [0.1, 0.15) is 5.56 Å². The molecule has 0 fully saturated rings. The van der Waals surface area contributed by atoms with E-state index >= 15 is 0 Å². The van der Waals surface area contributed by atoms with Crippen molar-refractivity contribution in [1.29, 1.82) is 0 Å². The molecule has 1 amide bonds. The van der Waals surface area contributed by atoms with Crippen molar-refractivity contribution in [2.75, 3.05) is 18.9 Å². The lowest BCUT2D eigenvalue weighted by Crippen LogP contribution is -2.30. The molecule has 24 heavy (non-hydrogen) atoms. The Morgan fingerprint density at radius 2 is 1.75 bits per heavy atom. The van der Waals surface area contributed by atoms with Gasteiger partial charge in [0.2, 0.25) is 0 Å². The summed E-state index contributed by atoms with van der Waals surface area (Å²) in [5.41, 5.74) is 1.15. The monoisotopic (exact) mass is 407 g/mol. The first-order valence-corrected chi connectivity index (χ1v) is 9.26. The fraction of sp³-hybridized carbons (Fsp3) is 0.222. The number of hydrogen-bond acceptors (Lipinski definition) is 4. The molecule has 2 aromatic rings. The van der Waals surface area contributed by atoms with E-state index in [1.54, 1.807) is 0 Å². The minimum absolute atomic E-state index is 0.179. The number of carbonyl (C=O) groups excluding carboxylic acids is 2. The molecule has 0 heterocycles. The summed E-state index contributed by atoms with van der Waals surface area (Å²) in [6.07, 6.45) is 0.750. The van der Waals surface area contributed by atoms with Crippen LogP contribution in [0.3, 0.4) is 0 Å². The molecule has 0 aliphatic heterocycles. The maximum Gasteiger partial charge on any atom is 0.316 e. The number of ether oxygens (including phenoxy) is 1. The van der Waals surface area contributed by atoms with Crippen molar-refractivity contribution in [2.45, 2.75) is 11.3 Å². The second kappa shape index (κ2) is 10.2. The molecule has 0 spiro atoms. The minimum atomic E-state index is -0.402. The average molecular weight is 408 g/mol. The first-order chi connectivity index (χ1) is 11.6. The van der Waals surface area contributed by atoms with Crippen LogP contribution in [0.2, 0.25) is 0 Å². The highest BCUT2D eigenvalue weighted by atomic mass is 79.9. The minimum Gasteiger partial charge on any atom is -0.455 e. The van der Waals surface area contributed by atoms with Gasteiger partial charge in [-0.3, -0.25) is 9.59 Å². The maximum atomic E-state index is 11.7. The molecule has 0 aromatic heterocycles. The smallest absolute Gasteiger partial charge is 0.316 e. The SMILES string of the molecule is O=C(COC(=O)CSc1ccc(Br)cc1)NCCc1ccccc1. The van der Waals surface area contributed by atoms with Gasteiger partial charge in [0.05, 0.1) is 5.75 Å². The van der Waals surface area contributed by atoms with Gasteiger partial charge in [0.15, 0.2) is 6.61 Å². The highest BCUT2D eigenvalue weighted by molar-refractivity contribution is 9.10. The molecule has 0 aliphatic carbocycles. The molecule has 0 unspecified atom stereocenters. The zero-order valence-electron chi connectivity index (χ0n) is 13.0. The van der Waals surface area contributed by atoms with Crippen molar-refractivity contribution in [3.63, 3.8) is 0 Å². The van der Waals surface area contributed by atoms with Crippen LogP contribution in [-0.4, -0.2) is 30.8 Å². The zero-order chi connectivity index (χ0) is 17.2. The average Bonchev–Trinajstić information content (AvgIpc) is 2.60. The summed E-state index contributed by atoms with van der Waals surface area (Å²) in [6.45, 7) is 0.280. The van der Waals surface area contributed by atoms with Crippen molar-refractivity contribution in [2.24, 2.45) is 0 Å². The van der Waals surface area contributed by atoms with Gasteiger partial charge >= 0.3 is 5.97 Å². The molecular formula is C18H18BrNO3S. The summed E-state index contributed by atoms with van der Waals surface area (Å²) in [6, 6.07) is 17.5. The van der Waals surface area contributed by atoms with Gasteiger partial charge in [-0.05, 0) is 36.2 Å². The fourth-order valence-corrected chi connectivity index (χ4v) is 2.86. The predicted octanol–water partition coefficient (Wildman–Crippen LogP) is 3.44. The van der Waals surface area contributed by atoms with Crippen molar-refractivity contribution in [3.8, 4) is 0 Å². The van der Waals surface area contributed by atoms with Crippen LogP contribution in [-0.2, 0) is 20.7 Å². The van der Waals surface area contributed by atoms with Crippen molar-refractivity contribution >= 4 is 39.6 Å². The van der Waals surface area contributed by atoms with E-state index < -0.39 is 5.97 Å². The quantitative estimate of drug-likeness (QED) is 0.537. The van der Waals surface area contributed by atoms with Gasteiger partial charge in [-0.25, -0.2) is 0 Å². The molecule has 126 valence electrons. The second-order valence-corrected chi connectivity index (χ2v) is 6.95. The van der Waals surface area contributed by atoms with Gasteiger partial charge in [0.1, 0.15) is 0 Å². The van der Waals surface area contributed by atoms with E-state index in [9.17, 15) is 9.59 Å². The number of rotatable bonds is 8. The number of benzene rings is 2. The Morgan fingerprint density at radius 3 is 2.46 bits per heavy atom. The molecule has 0 aliphatic rings. The van der Waals surface area contributed by atoms with E-state index in [2.05, 4.69) is 21.2 Å². The number of amides is 1. The topological polar surface area (TPSA) is 55.4 Å².